The fourth-order valence-corrected chi connectivity index (χ4v) is 4.16. The number of hydrogen-bond donors (Lipinski definition) is 0. The number of halogens is 4. The summed E-state index contributed by atoms with van der Waals surface area (Å²) in [5, 5.41) is 0.662. The molecule has 0 aliphatic carbocycles. The molecule has 0 heterocycles. The highest BCUT2D eigenvalue weighted by atomic mass is 79.9. The van der Waals surface area contributed by atoms with Gasteiger partial charge < -0.3 is 4.74 Å². The minimum atomic E-state index is -2.39. The van der Waals surface area contributed by atoms with E-state index in [2.05, 4.69) is 15.9 Å². The Bertz CT molecular complexity index is 288. The maximum Gasteiger partial charge on any atom is 0.341 e. The van der Waals surface area contributed by atoms with Gasteiger partial charge in [-0.1, -0.05) is 74.2 Å². The van der Waals surface area contributed by atoms with Gasteiger partial charge in [0.05, 0.1) is 12.5 Å². The third-order valence-corrected chi connectivity index (χ3v) is 7.08. The third kappa shape index (κ3) is 15.9. The SMILES string of the molecule is CC(CBr)C(=O)OCCCCCCCCCCC[Si](Cl)(Cl)Cl. The monoisotopic (exact) mass is 452 g/mol. The van der Waals surface area contributed by atoms with Crippen molar-refractivity contribution in [3.05, 3.63) is 0 Å². The van der Waals surface area contributed by atoms with Crippen molar-refractivity contribution >= 4 is 61.1 Å². The molecule has 0 aromatic carbocycles. The minimum absolute atomic E-state index is 0.0516. The first-order valence-corrected chi connectivity index (χ1v) is 14.5. The summed E-state index contributed by atoms with van der Waals surface area (Å²) in [6.07, 6.45) is 10.5. The molecule has 0 rings (SSSR count). The largest absolute Gasteiger partial charge is 0.465 e. The average Bonchev–Trinajstić information content (AvgIpc) is 2.46. The minimum Gasteiger partial charge on any atom is -0.465 e. The summed E-state index contributed by atoms with van der Waals surface area (Å²) in [6.45, 7) is 2.42. The van der Waals surface area contributed by atoms with E-state index in [1.807, 2.05) is 6.92 Å². The van der Waals surface area contributed by atoms with Crippen LogP contribution in [-0.2, 0) is 9.53 Å². The molecule has 0 amide bonds. The van der Waals surface area contributed by atoms with Gasteiger partial charge in [-0.15, -0.1) is 33.2 Å². The maximum atomic E-state index is 11.4. The number of carbonyl (C=O) groups is 1. The van der Waals surface area contributed by atoms with Crippen molar-refractivity contribution in [1.82, 2.24) is 0 Å². The summed E-state index contributed by atoms with van der Waals surface area (Å²) < 4.78 is 5.20. The molecule has 7 heteroatoms. The van der Waals surface area contributed by atoms with Gasteiger partial charge in [-0.05, 0) is 12.5 Å². The number of alkyl halides is 1. The Morgan fingerprint density at radius 2 is 1.41 bits per heavy atom. The zero-order valence-corrected chi connectivity index (χ0v) is 18.2. The van der Waals surface area contributed by atoms with Crippen molar-refractivity contribution in [2.75, 3.05) is 11.9 Å². The molecule has 0 fully saturated rings. The van der Waals surface area contributed by atoms with Gasteiger partial charge in [0.15, 0.2) is 0 Å². The van der Waals surface area contributed by atoms with E-state index in [9.17, 15) is 4.79 Å². The lowest BCUT2D eigenvalue weighted by Gasteiger charge is -2.08. The van der Waals surface area contributed by atoms with Crippen molar-refractivity contribution in [2.45, 2.75) is 70.8 Å². The van der Waals surface area contributed by atoms with Crippen LogP contribution in [0.2, 0.25) is 6.04 Å². The Labute approximate surface area is 158 Å². The zero-order chi connectivity index (χ0) is 16.8. The number of unbranched alkanes of at least 4 members (excludes halogenated alkanes) is 8. The van der Waals surface area contributed by atoms with Crippen molar-refractivity contribution in [3.8, 4) is 0 Å². The second kappa shape index (κ2) is 14.4. The van der Waals surface area contributed by atoms with Gasteiger partial charge in [0.1, 0.15) is 0 Å². The zero-order valence-electron chi connectivity index (χ0n) is 13.4. The van der Waals surface area contributed by atoms with E-state index < -0.39 is 6.00 Å². The Kier molecular flexibility index (Phi) is 15.1. The number of esters is 1. The van der Waals surface area contributed by atoms with Crippen LogP contribution in [-0.4, -0.2) is 23.9 Å². The summed E-state index contributed by atoms with van der Waals surface area (Å²) in [5.41, 5.74) is 0. The van der Waals surface area contributed by atoms with E-state index in [4.69, 9.17) is 38.0 Å². The lowest BCUT2D eigenvalue weighted by molar-refractivity contribution is -0.147. The molecule has 22 heavy (non-hydrogen) atoms. The average molecular weight is 455 g/mol. The van der Waals surface area contributed by atoms with E-state index in [1.54, 1.807) is 0 Å². The third-order valence-electron chi connectivity index (χ3n) is 3.48. The molecule has 0 aromatic rings. The number of hydrogen-bond acceptors (Lipinski definition) is 2. The van der Waals surface area contributed by atoms with Crippen molar-refractivity contribution in [3.63, 3.8) is 0 Å². The molecule has 0 aromatic heterocycles. The normalized spacial score (nSPS) is 13.1. The van der Waals surface area contributed by atoms with Crippen LogP contribution in [0.5, 0.6) is 0 Å². The van der Waals surface area contributed by atoms with Gasteiger partial charge in [-0.2, -0.15) is 0 Å². The molecule has 0 spiro atoms. The van der Waals surface area contributed by atoms with Crippen LogP contribution in [0, 0.1) is 5.92 Å². The van der Waals surface area contributed by atoms with Gasteiger partial charge in [0.2, 0.25) is 0 Å². The Morgan fingerprint density at radius 1 is 0.955 bits per heavy atom. The highest BCUT2D eigenvalue weighted by Crippen LogP contribution is 2.27. The predicted octanol–water partition coefficient (Wildman–Crippen LogP) is 6.73. The highest BCUT2D eigenvalue weighted by Gasteiger charge is 2.23. The van der Waals surface area contributed by atoms with Crippen molar-refractivity contribution in [1.29, 1.82) is 0 Å². The van der Waals surface area contributed by atoms with Gasteiger partial charge in [0, 0.05) is 5.33 Å². The number of carbonyl (C=O) groups excluding carboxylic acids is 1. The fraction of sp³-hybridized carbons (Fsp3) is 0.933. The molecule has 0 saturated heterocycles. The number of rotatable bonds is 14. The standard InChI is InChI=1S/C15H28BrCl3O2Si/c1-14(13-16)15(20)21-11-9-7-5-3-2-4-6-8-10-12-22(17,18)19/h14H,2-13H2,1H3. The smallest absolute Gasteiger partial charge is 0.341 e. The molecule has 1 atom stereocenters. The van der Waals surface area contributed by atoms with Gasteiger partial charge in [0.25, 0.3) is 0 Å². The summed E-state index contributed by atoms with van der Waals surface area (Å²) in [4.78, 5) is 11.4. The van der Waals surface area contributed by atoms with Gasteiger partial charge in [-0.3, -0.25) is 4.79 Å². The second-order valence-electron chi connectivity index (χ2n) is 5.77. The molecule has 1 unspecified atom stereocenters. The summed E-state index contributed by atoms with van der Waals surface area (Å²) in [6, 6.07) is -1.61. The van der Waals surface area contributed by atoms with Crippen molar-refractivity contribution in [2.24, 2.45) is 5.92 Å². The highest BCUT2D eigenvalue weighted by molar-refractivity contribution is 9.09. The first-order valence-electron chi connectivity index (χ1n) is 8.16. The van der Waals surface area contributed by atoms with Crippen LogP contribution >= 0.6 is 49.2 Å². The van der Waals surface area contributed by atoms with E-state index in [-0.39, 0.29) is 11.9 Å². The van der Waals surface area contributed by atoms with Crippen LogP contribution < -0.4 is 0 Å². The van der Waals surface area contributed by atoms with E-state index in [1.165, 1.54) is 38.5 Å². The Morgan fingerprint density at radius 3 is 1.86 bits per heavy atom. The molecule has 0 aliphatic rings. The van der Waals surface area contributed by atoms with Gasteiger partial charge >= 0.3 is 12.0 Å². The van der Waals surface area contributed by atoms with Gasteiger partial charge in [-0.25, -0.2) is 0 Å². The van der Waals surface area contributed by atoms with Crippen molar-refractivity contribution < 1.29 is 9.53 Å². The topological polar surface area (TPSA) is 26.3 Å². The molecule has 0 aliphatic heterocycles. The summed E-state index contributed by atoms with van der Waals surface area (Å²) >= 11 is 20.8. The summed E-state index contributed by atoms with van der Waals surface area (Å²) in [7, 11) is 0. The molecule has 0 bridgehead atoms. The van der Waals surface area contributed by atoms with E-state index in [0.29, 0.717) is 11.9 Å². The predicted molar refractivity (Wildman–Crippen MR) is 104 cm³/mol. The first kappa shape index (κ1) is 23.0. The fourth-order valence-electron chi connectivity index (χ4n) is 2.04. The molecule has 0 saturated carbocycles. The molecule has 132 valence electrons. The van der Waals surface area contributed by atoms with E-state index >= 15 is 0 Å². The Hall–Kier alpha value is 1.04. The van der Waals surface area contributed by atoms with Crippen LogP contribution in [0.3, 0.4) is 0 Å². The number of ether oxygens (including phenoxy) is 1. The van der Waals surface area contributed by atoms with Crippen LogP contribution in [0.4, 0.5) is 0 Å². The molecular formula is C15H28BrCl3O2Si. The second-order valence-corrected chi connectivity index (χ2v) is 15.7. The first-order chi connectivity index (χ1) is 10.4. The van der Waals surface area contributed by atoms with E-state index in [0.717, 1.165) is 25.3 Å². The molecule has 0 radical (unpaired) electrons. The molecule has 0 N–H and O–H groups in total. The lowest BCUT2D eigenvalue weighted by Crippen LogP contribution is -2.16. The van der Waals surface area contributed by atoms with Crippen LogP contribution in [0.25, 0.3) is 0 Å². The maximum absolute atomic E-state index is 11.4. The lowest BCUT2D eigenvalue weighted by atomic mass is 10.1. The molecular weight excluding hydrogens is 427 g/mol. The van der Waals surface area contributed by atoms with Crippen LogP contribution in [0.1, 0.15) is 64.7 Å². The summed E-state index contributed by atoms with van der Waals surface area (Å²) in [5.74, 6) is -0.154. The Balaban J connectivity index is 3.20. The van der Waals surface area contributed by atoms with Crippen LogP contribution in [0.15, 0.2) is 0 Å². The quantitative estimate of drug-likeness (QED) is 0.0956. The molecule has 2 nitrogen and oxygen atoms in total.